The molecule has 0 spiro atoms. The molecule has 3 fully saturated rings. The molecule has 0 aromatic carbocycles. The fourth-order valence-corrected chi connectivity index (χ4v) is 2.13. The molecule has 4 heteroatoms. The van der Waals surface area contributed by atoms with E-state index in [2.05, 4.69) is 11.9 Å². The predicted molar refractivity (Wildman–Crippen MR) is 51.7 cm³/mol. The second-order valence-corrected chi connectivity index (χ2v) is 3.44. The normalized spacial score (nSPS) is 41.5. The Morgan fingerprint density at radius 3 is 1.82 bits per heavy atom. The van der Waals surface area contributed by atoms with Crippen molar-refractivity contribution >= 4 is 24.8 Å². The summed E-state index contributed by atoms with van der Waals surface area (Å²) in [7, 11) is 2.21. The molecule has 0 radical (unpaired) electrons. The van der Waals surface area contributed by atoms with Crippen molar-refractivity contribution in [2.75, 3.05) is 7.05 Å². The van der Waals surface area contributed by atoms with Crippen LogP contribution in [0.25, 0.3) is 0 Å². The predicted octanol–water partition coefficient (Wildman–Crippen LogP) is 1.02. The van der Waals surface area contributed by atoms with Crippen molar-refractivity contribution < 1.29 is 0 Å². The molecule has 1 aliphatic carbocycles. The molecule has 2 unspecified atom stereocenters. The van der Waals surface area contributed by atoms with Crippen molar-refractivity contribution in [3.8, 4) is 0 Å². The third kappa shape index (κ3) is 1.81. The minimum atomic E-state index is 0. The third-order valence-corrected chi connectivity index (χ3v) is 2.85. The lowest BCUT2D eigenvalue weighted by Crippen LogP contribution is -2.61. The van der Waals surface area contributed by atoms with Crippen molar-refractivity contribution in [3.05, 3.63) is 0 Å². The molecule has 2 atom stereocenters. The van der Waals surface area contributed by atoms with Crippen molar-refractivity contribution in [2.45, 2.75) is 37.4 Å². The Morgan fingerprint density at radius 2 is 1.55 bits per heavy atom. The minimum Gasteiger partial charge on any atom is -0.328 e. The number of piperidine rings is 1. The summed E-state index contributed by atoms with van der Waals surface area (Å²) >= 11 is 0. The summed E-state index contributed by atoms with van der Waals surface area (Å²) in [6, 6.07) is 2.17. The van der Waals surface area contributed by atoms with Gasteiger partial charge in [-0.3, -0.25) is 0 Å². The van der Waals surface area contributed by atoms with Gasteiger partial charge in [-0.25, -0.2) is 0 Å². The molecule has 68 valence electrons. The quantitative estimate of drug-likeness (QED) is 0.631. The van der Waals surface area contributed by atoms with E-state index in [0.29, 0.717) is 6.04 Å². The van der Waals surface area contributed by atoms with E-state index in [-0.39, 0.29) is 24.8 Å². The van der Waals surface area contributed by atoms with Crippen molar-refractivity contribution in [3.63, 3.8) is 0 Å². The highest BCUT2D eigenvalue weighted by Gasteiger charge is 2.41. The van der Waals surface area contributed by atoms with Gasteiger partial charge in [0, 0.05) is 18.1 Å². The number of nitrogens with two attached hydrogens (primary N) is 1. The summed E-state index contributed by atoms with van der Waals surface area (Å²) in [6.45, 7) is 0. The lowest BCUT2D eigenvalue weighted by atomic mass is 9.78. The first-order valence-electron chi connectivity index (χ1n) is 3.75. The molecule has 2 N–H and O–H groups in total. The number of nitrogens with zero attached hydrogens (tertiary/aromatic N) is 1. The molecule has 0 aromatic rings. The van der Waals surface area contributed by atoms with Gasteiger partial charge in [-0.1, -0.05) is 0 Å². The van der Waals surface area contributed by atoms with Crippen LogP contribution in [0.5, 0.6) is 0 Å². The van der Waals surface area contributed by atoms with E-state index in [1.807, 2.05) is 0 Å². The maximum absolute atomic E-state index is 5.79. The van der Waals surface area contributed by atoms with Crippen molar-refractivity contribution in [1.29, 1.82) is 0 Å². The summed E-state index contributed by atoms with van der Waals surface area (Å²) < 4.78 is 0. The fourth-order valence-electron chi connectivity index (χ4n) is 2.13. The van der Waals surface area contributed by atoms with Gasteiger partial charge in [0.05, 0.1) is 0 Å². The first-order chi connectivity index (χ1) is 4.27. The summed E-state index contributed by atoms with van der Waals surface area (Å²) in [5, 5.41) is 0. The number of fused-ring (bicyclic) bond motifs is 2. The third-order valence-electron chi connectivity index (χ3n) is 2.85. The van der Waals surface area contributed by atoms with E-state index in [1.165, 1.54) is 19.3 Å². The molecular weight excluding hydrogens is 183 g/mol. The van der Waals surface area contributed by atoms with Crippen LogP contribution in [-0.4, -0.2) is 30.1 Å². The zero-order valence-electron chi connectivity index (χ0n) is 6.69. The Kier molecular flexibility index (Phi) is 4.12. The Bertz CT molecular complexity index is 120. The van der Waals surface area contributed by atoms with Gasteiger partial charge in [0.15, 0.2) is 0 Å². The molecule has 2 saturated heterocycles. The average Bonchev–Trinajstić information content (AvgIpc) is 1.87. The van der Waals surface area contributed by atoms with Crippen LogP contribution in [0.1, 0.15) is 19.3 Å². The highest BCUT2D eigenvalue weighted by Crippen LogP contribution is 2.35. The van der Waals surface area contributed by atoms with Crippen LogP contribution in [-0.2, 0) is 0 Å². The van der Waals surface area contributed by atoms with Gasteiger partial charge in [0.25, 0.3) is 0 Å². The molecule has 2 bridgehead atoms. The number of rotatable bonds is 0. The first-order valence-corrected chi connectivity index (χ1v) is 3.75. The van der Waals surface area contributed by atoms with Crippen LogP contribution in [0.3, 0.4) is 0 Å². The van der Waals surface area contributed by atoms with Crippen molar-refractivity contribution in [2.24, 2.45) is 5.73 Å². The van der Waals surface area contributed by atoms with E-state index < -0.39 is 0 Å². The SMILES string of the molecule is CN1C2CC(N)CC1C2.Cl.Cl. The molecule has 2 aliphatic heterocycles. The molecule has 2 nitrogen and oxygen atoms in total. The van der Waals surface area contributed by atoms with Crippen LogP contribution < -0.4 is 5.73 Å². The van der Waals surface area contributed by atoms with Crippen LogP contribution >= 0.6 is 24.8 Å². The Balaban J connectivity index is 0.000000500. The zero-order chi connectivity index (χ0) is 6.43. The van der Waals surface area contributed by atoms with E-state index in [0.717, 1.165) is 12.1 Å². The van der Waals surface area contributed by atoms with Gasteiger partial charge in [0.2, 0.25) is 0 Å². The zero-order valence-corrected chi connectivity index (χ0v) is 8.33. The average molecular weight is 199 g/mol. The largest absolute Gasteiger partial charge is 0.328 e. The maximum Gasteiger partial charge on any atom is 0.0125 e. The second kappa shape index (κ2) is 3.94. The van der Waals surface area contributed by atoms with Gasteiger partial charge in [-0.15, -0.1) is 24.8 Å². The van der Waals surface area contributed by atoms with E-state index in [4.69, 9.17) is 5.73 Å². The molecule has 0 aromatic heterocycles. The molecule has 1 saturated carbocycles. The van der Waals surface area contributed by atoms with Gasteiger partial charge < -0.3 is 10.6 Å². The fraction of sp³-hybridized carbons (Fsp3) is 1.00. The Hall–Kier alpha value is 0.500. The molecule has 2 heterocycles. The molecular formula is C7H16Cl2N2. The molecule has 3 rings (SSSR count). The molecule has 3 aliphatic rings. The lowest BCUT2D eigenvalue weighted by molar-refractivity contribution is -0.0114. The van der Waals surface area contributed by atoms with Crippen molar-refractivity contribution in [1.82, 2.24) is 4.90 Å². The van der Waals surface area contributed by atoms with Gasteiger partial charge in [-0.05, 0) is 26.3 Å². The van der Waals surface area contributed by atoms with Crippen LogP contribution in [0.2, 0.25) is 0 Å². The van der Waals surface area contributed by atoms with E-state index >= 15 is 0 Å². The summed E-state index contributed by atoms with van der Waals surface area (Å²) in [5.41, 5.74) is 5.79. The number of halogens is 2. The standard InChI is InChI=1S/C7H14N2.2ClH/c1-9-6-2-5(8)3-7(9)4-6;;/h5-7H,2-4,8H2,1H3;2*1H. The Labute approximate surface area is 80.3 Å². The summed E-state index contributed by atoms with van der Waals surface area (Å²) in [6.07, 6.45) is 3.87. The van der Waals surface area contributed by atoms with E-state index in [9.17, 15) is 0 Å². The lowest BCUT2D eigenvalue weighted by Gasteiger charge is -2.53. The first kappa shape index (κ1) is 11.5. The highest BCUT2D eigenvalue weighted by molar-refractivity contribution is 5.85. The molecule has 11 heavy (non-hydrogen) atoms. The summed E-state index contributed by atoms with van der Waals surface area (Å²) in [5.74, 6) is 0. The van der Waals surface area contributed by atoms with Gasteiger partial charge >= 0.3 is 0 Å². The Morgan fingerprint density at radius 1 is 1.09 bits per heavy atom. The van der Waals surface area contributed by atoms with E-state index in [1.54, 1.807) is 0 Å². The monoisotopic (exact) mass is 198 g/mol. The van der Waals surface area contributed by atoms with Gasteiger partial charge in [0.1, 0.15) is 0 Å². The highest BCUT2D eigenvalue weighted by atomic mass is 35.5. The molecule has 0 amide bonds. The van der Waals surface area contributed by atoms with Crippen LogP contribution in [0.15, 0.2) is 0 Å². The number of hydrogen-bond acceptors (Lipinski definition) is 2. The maximum atomic E-state index is 5.79. The topological polar surface area (TPSA) is 29.3 Å². The van der Waals surface area contributed by atoms with Crippen LogP contribution in [0.4, 0.5) is 0 Å². The van der Waals surface area contributed by atoms with Gasteiger partial charge in [-0.2, -0.15) is 0 Å². The second-order valence-electron chi connectivity index (χ2n) is 3.44. The minimum absolute atomic E-state index is 0. The van der Waals surface area contributed by atoms with Crippen LogP contribution in [0, 0.1) is 0 Å². The smallest absolute Gasteiger partial charge is 0.0125 e. The number of hydrogen-bond donors (Lipinski definition) is 1. The summed E-state index contributed by atoms with van der Waals surface area (Å²) in [4.78, 5) is 2.46.